The molecule has 35 nitrogen and oxygen atoms in total. The van der Waals surface area contributed by atoms with Crippen molar-refractivity contribution in [2.24, 2.45) is 0 Å². The van der Waals surface area contributed by atoms with E-state index in [-0.39, 0.29) is 0 Å². The molecule has 0 aromatic carbocycles. The lowest BCUT2D eigenvalue weighted by molar-refractivity contribution is -0.396. The van der Waals surface area contributed by atoms with Gasteiger partial charge in [0.25, 0.3) is 0 Å². The van der Waals surface area contributed by atoms with Crippen LogP contribution in [0.2, 0.25) is 0 Å². The second kappa shape index (κ2) is 29.3. The summed E-state index contributed by atoms with van der Waals surface area (Å²) in [4.78, 5) is 0. The molecule has 21 saturated heterocycles. The summed E-state index contributed by atoms with van der Waals surface area (Å²) in [6.45, 7) is -3.46. The molecule has 21 heterocycles. The number of rotatable bonds is 7. The monoisotopic (exact) mass is 1210 g/mol. The summed E-state index contributed by atoms with van der Waals surface area (Å²) in [6, 6.07) is 0. The highest BCUT2D eigenvalue weighted by atomic mass is 35.5. The van der Waals surface area contributed by atoms with E-state index in [0.29, 0.717) is 5.38 Å². The summed E-state index contributed by atoms with van der Waals surface area (Å²) >= 11 is 5.27. The van der Waals surface area contributed by atoms with Crippen LogP contribution in [0.3, 0.4) is 0 Å². The zero-order valence-corrected chi connectivity index (χ0v) is 44.0. The van der Waals surface area contributed by atoms with Crippen molar-refractivity contribution in [3.05, 3.63) is 0 Å². The molecule has 0 amide bonds. The first-order chi connectivity index (χ1) is 38.4. The Morgan fingerprint density at radius 1 is 0.222 bits per heavy atom. The van der Waals surface area contributed by atoms with Gasteiger partial charge in [0.15, 0.2) is 44.0 Å². The van der Waals surface area contributed by atoms with Gasteiger partial charge in [0.1, 0.15) is 171 Å². The van der Waals surface area contributed by atoms with Crippen LogP contribution in [0.5, 0.6) is 0 Å². The molecule has 14 bridgehead atoms. The summed E-state index contributed by atoms with van der Waals surface area (Å²) in [5, 5.41) is 231. The van der Waals surface area contributed by atoms with Gasteiger partial charge in [-0.2, -0.15) is 0 Å². The third kappa shape index (κ3) is 14.3. The first-order valence-electron chi connectivity index (χ1n) is 26.0. The lowest BCUT2D eigenvalue weighted by Crippen LogP contribution is -2.68. The van der Waals surface area contributed by atoms with E-state index in [1.54, 1.807) is 0 Å². The molecule has 21 rings (SSSR count). The molecule has 0 saturated carbocycles. The highest BCUT2D eigenvalue weighted by molar-refractivity contribution is 6.20. The van der Waals surface area contributed by atoms with Gasteiger partial charge in [-0.05, 0) is 13.8 Å². The SMILES string of the molecule is CC(C)Cl.OC[C@H]1O[C@@H]2O[C@H]3[C@H](O)[C@@H](O)[C@@H](O[C@H]4[C@H](O)[C@@H](O)[C@@H](O[C@H]5[C@H](O)[C@@H](O)[C@@H](O[C@H]6[C@H](O)[C@@H](O)[C@@H](O[C@H]7[C@H](O)[C@@H](O)[C@@H](O[C@H]8[C@H](O)[C@@H](O)[C@@H](O[C@H]1[C@H](O)[C@H]2O)O[C@@H]8CO)O[C@@H]7CO)O[C@@H]6CO)O[C@@H]5CO)O[C@@H]4CO)O[C@@H]3CO. The predicted octanol–water partition coefficient (Wildman–Crippen LogP) is -13.6. The first kappa shape index (κ1) is 67.4. The first-order valence-corrected chi connectivity index (χ1v) is 26.4. The quantitative estimate of drug-likeness (QED) is 0.105. The standard InChI is InChI=1S/C42H70O35.C3H7Cl/c43-1-8-29-15(50)22(57)36(64-8)72-30-9(2-44)66-38(24(59)17(30)52)74-32-11(4-46)68-40(26(61)19(32)54)76-34-13(6-48)70-42(28(63)21(34)56)77-35-14(7-49)69-41(27(62)20(35)55)75-33-12(5-47)67-39(25(60)18(33)53)73-31-10(3-45)65-37(71-29)23(58)16(31)51;1-3(2)4/h8-63H,1-7H2;3H,1-2H3/t8-,9-,10-,11-,12-,13-,14-,15-,16-,17-,18-,19-,20-,21-,22-,23-,24-,25-,26-,27-,28-,29-,30-,31-,32-,33-,34-,35-,36-,37-,38-,39-,40-,41-,42-;/m1./s1. The number of halogens is 1. The van der Waals surface area contributed by atoms with Crippen molar-refractivity contribution < 1.29 is 174 Å². The van der Waals surface area contributed by atoms with Crippen molar-refractivity contribution >= 4 is 11.6 Å². The summed E-state index contributed by atoms with van der Waals surface area (Å²) < 4.78 is 79.5. The van der Waals surface area contributed by atoms with Crippen LogP contribution in [0, 0.1) is 0 Å². The molecule has 0 radical (unpaired) electrons. The van der Waals surface area contributed by atoms with Gasteiger partial charge in [-0.3, -0.25) is 0 Å². The van der Waals surface area contributed by atoms with Crippen molar-refractivity contribution in [1.29, 1.82) is 0 Å². The Balaban J connectivity index is 0.00000229. The Kier molecular flexibility index (Phi) is 24.3. The van der Waals surface area contributed by atoms with Crippen LogP contribution in [-0.4, -0.2) is 374 Å². The second-order valence-corrected chi connectivity index (χ2v) is 21.5. The Bertz CT molecular complexity index is 1520. The Morgan fingerprint density at radius 2 is 0.321 bits per heavy atom. The minimum Gasteiger partial charge on any atom is -0.394 e. The van der Waals surface area contributed by atoms with Crippen molar-refractivity contribution in [1.82, 2.24) is 0 Å². The van der Waals surface area contributed by atoms with Crippen LogP contribution >= 0.6 is 11.6 Å². The van der Waals surface area contributed by atoms with E-state index >= 15 is 0 Å². The molecule has 474 valence electrons. The average molecular weight is 1210 g/mol. The van der Waals surface area contributed by atoms with Crippen LogP contribution < -0.4 is 0 Å². The van der Waals surface area contributed by atoms with E-state index in [0.717, 1.165) is 0 Å². The number of alkyl halides is 1. The summed E-state index contributed by atoms with van der Waals surface area (Å²) in [6.07, 6.45) is -70.2. The summed E-state index contributed by atoms with van der Waals surface area (Å²) in [5.74, 6) is 0. The zero-order valence-electron chi connectivity index (χ0n) is 43.2. The lowest BCUT2D eigenvalue weighted by atomic mass is 9.95. The molecular weight excluding hydrogens is 1140 g/mol. The van der Waals surface area contributed by atoms with E-state index in [1.165, 1.54) is 0 Å². The molecule has 21 fully saturated rings. The third-order valence-electron chi connectivity index (χ3n) is 14.8. The Labute approximate surface area is 464 Å². The molecular formula is C45H77ClO35. The fraction of sp³-hybridized carbons (Fsp3) is 1.00. The topological polar surface area (TPSA) is 554 Å². The van der Waals surface area contributed by atoms with Crippen LogP contribution in [0.4, 0.5) is 0 Å². The Morgan fingerprint density at radius 3 is 0.407 bits per heavy atom. The van der Waals surface area contributed by atoms with Gasteiger partial charge >= 0.3 is 0 Å². The van der Waals surface area contributed by atoms with Gasteiger partial charge in [0.2, 0.25) is 0 Å². The molecule has 21 aliphatic rings. The smallest absolute Gasteiger partial charge is 0.187 e. The maximum absolute atomic E-state index is 11.3. The number of hydrogen-bond donors (Lipinski definition) is 21. The normalized spacial score (nSPS) is 53.1. The molecule has 0 spiro atoms. The van der Waals surface area contributed by atoms with Gasteiger partial charge in [0, 0.05) is 5.38 Å². The van der Waals surface area contributed by atoms with Gasteiger partial charge in [-0.1, -0.05) is 0 Å². The fourth-order valence-electron chi connectivity index (χ4n) is 10.4. The van der Waals surface area contributed by atoms with E-state index in [9.17, 15) is 107 Å². The van der Waals surface area contributed by atoms with Crippen molar-refractivity contribution in [2.75, 3.05) is 46.2 Å². The number of ether oxygens (including phenoxy) is 14. The van der Waals surface area contributed by atoms with E-state index < -0.39 is 261 Å². The van der Waals surface area contributed by atoms with Crippen LogP contribution in [0.25, 0.3) is 0 Å². The molecule has 21 aliphatic heterocycles. The maximum Gasteiger partial charge on any atom is 0.187 e. The summed E-state index contributed by atoms with van der Waals surface area (Å²) in [7, 11) is 0. The van der Waals surface area contributed by atoms with E-state index in [1.807, 2.05) is 13.8 Å². The largest absolute Gasteiger partial charge is 0.394 e. The molecule has 0 aliphatic carbocycles. The van der Waals surface area contributed by atoms with Gasteiger partial charge in [0.05, 0.1) is 46.2 Å². The third-order valence-corrected chi connectivity index (χ3v) is 14.8. The fourth-order valence-corrected chi connectivity index (χ4v) is 10.4. The molecule has 81 heavy (non-hydrogen) atoms. The molecule has 35 atom stereocenters. The van der Waals surface area contributed by atoms with E-state index in [2.05, 4.69) is 0 Å². The van der Waals surface area contributed by atoms with Crippen LogP contribution in [-0.2, 0) is 66.3 Å². The second-order valence-electron chi connectivity index (χ2n) is 20.7. The van der Waals surface area contributed by atoms with Gasteiger partial charge in [-0.25, -0.2) is 0 Å². The minimum absolute atomic E-state index is 0.306. The van der Waals surface area contributed by atoms with Crippen molar-refractivity contribution in [2.45, 2.75) is 234 Å². The Hall–Kier alpha value is -1.11. The maximum atomic E-state index is 11.3. The predicted molar refractivity (Wildman–Crippen MR) is 249 cm³/mol. The lowest BCUT2D eigenvalue weighted by Gasteiger charge is -2.50. The average Bonchev–Trinajstić information content (AvgIpc) is 3.49. The zero-order chi connectivity index (χ0) is 59.6. The highest BCUT2D eigenvalue weighted by Gasteiger charge is 2.59. The van der Waals surface area contributed by atoms with E-state index in [4.69, 9.17) is 77.9 Å². The van der Waals surface area contributed by atoms with Crippen LogP contribution in [0.1, 0.15) is 13.8 Å². The van der Waals surface area contributed by atoms with Gasteiger partial charge < -0.3 is 174 Å². The minimum atomic E-state index is -2.21. The molecule has 0 aromatic rings. The number of aliphatic hydroxyl groups excluding tert-OH is 21. The molecule has 36 heteroatoms. The van der Waals surface area contributed by atoms with Crippen molar-refractivity contribution in [3.63, 3.8) is 0 Å². The van der Waals surface area contributed by atoms with Crippen LogP contribution in [0.15, 0.2) is 0 Å². The number of aliphatic hydroxyl groups is 21. The number of hydrogen-bond acceptors (Lipinski definition) is 35. The molecule has 0 aromatic heterocycles. The van der Waals surface area contributed by atoms with Gasteiger partial charge in [-0.15, -0.1) is 11.6 Å². The molecule has 0 unspecified atom stereocenters. The highest BCUT2D eigenvalue weighted by Crippen LogP contribution is 2.39. The van der Waals surface area contributed by atoms with Crippen molar-refractivity contribution in [3.8, 4) is 0 Å². The molecule has 21 N–H and O–H groups in total. The summed E-state index contributed by atoms with van der Waals surface area (Å²) in [5.41, 5.74) is 0.